The Kier molecular flexibility index (Phi) is 10.1. The average Bonchev–Trinajstić information content (AvgIpc) is 2.44. The van der Waals surface area contributed by atoms with Crippen LogP contribution >= 0.6 is 12.4 Å². The Morgan fingerprint density at radius 3 is 2.55 bits per heavy atom. The molecule has 1 rings (SSSR count). The van der Waals surface area contributed by atoms with Gasteiger partial charge in [-0.15, -0.1) is 12.4 Å². The number of amides is 1. The molecule has 0 radical (unpaired) electrons. The fraction of sp³-hybridized carbons (Fsp3) is 0.533. The van der Waals surface area contributed by atoms with Crippen LogP contribution in [0.3, 0.4) is 0 Å². The number of rotatable bonds is 8. The molecule has 0 aromatic heterocycles. The minimum absolute atomic E-state index is 0. The van der Waals surface area contributed by atoms with Crippen molar-refractivity contribution in [2.75, 3.05) is 26.8 Å². The van der Waals surface area contributed by atoms with E-state index in [2.05, 4.69) is 0 Å². The molecule has 1 atom stereocenters. The van der Waals surface area contributed by atoms with Gasteiger partial charge >= 0.3 is 0 Å². The van der Waals surface area contributed by atoms with E-state index in [4.69, 9.17) is 10.5 Å². The topological polar surface area (TPSA) is 55.6 Å². The first-order chi connectivity index (χ1) is 9.19. The van der Waals surface area contributed by atoms with E-state index in [0.29, 0.717) is 26.2 Å². The quantitative estimate of drug-likeness (QED) is 0.799. The highest BCUT2D eigenvalue weighted by molar-refractivity contribution is 5.85. The highest BCUT2D eigenvalue weighted by atomic mass is 35.5. The van der Waals surface area contributed by atoms with Crippen LogP contribution in [0.15, 0.2) is 30.3 Å². The summed E-state index contributed by atoms with van der Waals surface area (Å²) in [5, 5.41) is 0. The average molecular weight is 301 g/mol. The number of benzene rings is 1. The third kappa shape index (κ3) is 6.37. The lowest BCUT2D eigenvalue weighted by atomic mass is 10.1. The molecule has 0 aliphatic heterocycles. The second-order valence-corrected chi connectivity index (χ2v) is 4.74. The Labute approximate surface area is 127 Å². The van der Waals surface area contributed by atoms with E-state index in [1.807, 2.05) is 42.2 Å². The van der Waals surface area contributed by atoms with Gasteiger partial charge in [-0.1, -0.05) is 37.3 Å². The lowest BCUT2D eigenvalue weighted by Gasteiger charge is -2.25. The van der Waals surface area contributed by atoms with Crippen molar-refractivity contribution in [3.8, 4) is 0 Å². The van der Waals surface area contributed by atoms with Gasteiger partial charge in [0.25, 0.3) is 0 Å². The van der Waals surface area contributed by atoms with Gasteiger partial charge in [0.1, 0.15) is 0 Å². The Morgan fingerprint density at radius 2 is 2.00 bits per heavy atom. The highest BCUT2D eigenvalue weighted by Crippen LogP contribution is 2.10. The number of nitrogens with two attached hydrogens (primary N) is 1. The first-order valence-corrected chi connectivity index (χ1v) is 6.70. The van der Waals surface area contributed by atoms with E-state index in [9.17, 15) is 4.79 Å². The molecular weight excluding hydrogens is 276 g/mol. The number of methoxy groups -OCH3 is 1. The summed E-state index contributed by atoms with van der Waals surface area (Å²) < 4.78 is 5.06. The minimum Gasteiger partial charge on any atom is -0.384 e. The zero-order chi connectivity index (χ0) is 14.1. The van der Waals surface area contributed by atoms with Crippen molar-refractivity contribution in [1.82, 2.24) is 4.90 Å². The summed E-state index contributed by atoms with van der Waals surface area (Å²) in [6.45, 7) is 4.27. The highest BCUT2D eigenvalue weighted by Gasteiger charge is 2.20. The number of ether oxygens (including phenoxy) is 1. The van der Waals surface area contributed by atoms with Crippen molar-refractivity contribution in [3.05, 3.63) is 35.9 Å². The van der Waals surface area contributed by atoms with E-state index in [0.717, 1.165) is 12.0 Å². The van der Waals surface area contributed by atoms with Crippen molar-refractivity contribution in [3.63, 3.8) is 0 Å². The lowest BCUT2D eigenvalue weighted by molar-refractivity contribution is -0.137. The molecule has 0 saturated carbocycles. The van der Waals surface area contributed by atoms with Gasteiger partial charge in [-0.3, -0.25) is 4.79 Å². The van der Waals surface area contributed by atoms with Gasteiger partial charge in [-0.05, 0) is 18.5 Å². The van der Waals surface area contributed by atoms with E-state index in [-0.39, 0.29) is 24.2 Å². The van der Waals surface area contributed by atoms with Gasteiger partial charge in [-0.25, -0.2) is 0 Å². The van der Waals surface area contributed by atoms with Crippen LogP contribution in [0.25, 0.3) is 0 Å². The second kappa shape index (κ2) is 10.7. The van der Waals surface area contributed by atoms with Crippen LogP contribution in [-0.4, -0.2) is 37.6 Å². The molecule has 114 valence electrons. The molecule has 0 spiro atoms. The van der Waals surface area contributed by atoms with Gasteiger partial charge in [0.05, 0.1) is 12.5 Å². The first kappa shape index (κ1) is 18.9. The molecule has 0 aliphatic carbocycles. The van der Waals surface area contributed by atoms with Crippen molar-refractivity contribution in [1.29, 1.82) is 0 Å². The molecule has 4 nitrogen and oxygen atoms in total. The number of nitrogens with zero attached hydrogens (tertiary/aromatic N) is 1. The maximum atomic E-state index is 12.3. The minimum atomic E-state index is -0.119. The fourth-order valence-corrected chi connectivity index (χ4v) is 1.99. The molecule has 0 aliphatic rings. The molecule has 0 fully saturated rings. The van der Waals surface area contributed by atoms with Crippen LogP contribution in [0.1, 0.15) is 18.9 Å². The maximum Gasteiger partial charge on any atom is 0.228 e. The van der Waals surface area contributed by atoms with Crippen LogP contribution in [0, 0.1) is 5.92 Å². The van der Waals surface area contributed by atoms with Gasteiger partial charge in [0, 0.05) is 20.2 Å². The van der Waals surface area contributed by atoms with Crippen molar-refractivity contribution >= 4 is 18.3 Å². The van der Waals surface area contributed by atoms with E-state index in [1.165, 1.54) is 0 Å². The number of hydrogen-bond acceptors (Lipinski definition) is 3. The largest absolute Gasteiger partial charge is 0.384 e. The molecule has 20 heavy (non-hydrogen) atoms. The fourth-order valence-electron chi connectivity index (χ4n) is 1.99. The maximum absolute atomic E-state index is 12.3. The van der Waals surface area contributed by atoms with Crippen molar-refractivity contribution < 1.29 is 9.53 Å². The third-order valence-corrected chi connectivity index (χ3v) is 3.00. The molecule has 1 aromatic carbocycles. The summed E-state index contributed by atoms with van der Waals surface area (Å²) in [6, 6.07) is 10.0. The normalized spacial score (nSPS) is 11.6. The van der Waals surface area contributed by atoms with Crippen molar-refractivity contribution in [2.24, 2.45) is 11.7 Å². The number of hydrogen-bond donors (Lipinski definition) is 1. The van der Waals surface area contributed by atoms with Crippen molar-refractivity contribution in [2.45, 2.75) is 19.9 Å². The van der Waals surface area contributed by atoms with Gasteiger partial charge in [0.15, 0.2) is 0 Å². The molecule has 1 amide bonds. The summed E-state index contributed by atoms with van der Waals surface area (Å²) in [5.74, 6) is 0.00522. The van der Waals surface area contributed by atoms with Crippen LogP contribution in [0.5, 0.6) is 0 Å². The van der Waals surface area contributed by atoms with Gasteiger partial charge in [0.2, 0.25) is 5.91 Å². The molecule has 1 aromatic rings. The predicted molar refractivity (Wildman–Crippen MR) is 83.8 cm³/mol. The summed E-state index contributed by atoms with van der Waals surface area (Å²) in [5.41, 5.74) is 6.68. The zero-order valence-corrected chi connectivity index (χ0v) is 13.1. The summed E-state index contributed by atoms with van der Waals surface area (Å²) >= 11 is 0. The van der Waals surface area contributed by atoms with E-state index < -0.39 is 0 Å². The van der Waals surface area contributed by atoms with E-state index >= 15 is 0 Å². The zero-order valence-electron chi connectivity index (χ0n) is 12.2. The predicted octanol–water partition coefficient (Wildman–Crippen LogP) is 2.07. The third-order valence-electron chi connectivity index (χ3n) is 3.00. The Morgan fingerprint density at radius 1 is 1.35 bits per heavy atom. The summed E-state index contributed by atoms with van der Waals surface area (Å²) in [6.07, 6.45) is 0.818. The molecular formula is C15H25ClN2O2. The Bertz CT molecular complexity index is 373. The SMILES string of the molecule is COCC(C)C(=O)N(CCCN)Cc1ccccc1.Cl. The van der Waals surface area contributed by atoms with Gasteiger partial charge < -0.3 is 15.4 Å². The smallest absolute Gasteiger partial charge is 0.228 e. The number of halogens is 1. The molecule has 0 bridgehead atoms. The van der Waals surface area contributed by atoms with E-state index in [1.54, 1.807) is 7.11 Å². The molecule has 0 saturated heterocycles. The Hall–Kier alpha value is -1.10. The van der Waals surface area contributed by atoms with Crippen LogP contribution in [0.4, 0.5) is 0 Å². The van der Waals surface area contributed by atoms with Crippen LogP contribution in [0.2, 0.25) is 0 Å². The molecule has 1 unspecified atom stereocenters. The molecule has 2 N–H and O–H groups in total. The van der Waals surface area contributed by atoms with Crippen LogP contribution in [-0.2, 0) is 16.1 Å². The number of carbonyl (C=O) groups excluding carboxylic acids is 1. The number of carbonyl (C=O) groups is 1. The molecule has 5 heteroatoms. The lowest BCUT2D eigenvalue weighted by Crippen LogP contribution is -2.37. The second-order valence-electron chi connectivity index (χ2n) is 4.74. The standard InChI is InChI=1S/C15H24N2O2.ClH/c1-13(12-19-2)15(18)17(10-6-9-16)11-14-7-4-3-5-8-14;/h3-5,7-8,13H,6,9-12,16H2,1-2H3;1H. The van der Waals surface area contributed by atoms with Gasteiger partial charge in [-0.2, -0.15) is 0 Å². The summed E-state index contributed by atoms with van der Waals surface area (Å²) in [7, 11) is 1.62. The Balaban J connectivity index is 0.00000361. The summed E-state index contributed by atoms with van der Waals surface area (Å²) in [4.78, 5) is 14.2. The molecule has 0 heterocycles. The van der Waals surface area contributed by atoms with Crippen LogP contribution < -0.4 is 5.73 Å². The monoisotopic (exact) mass is 300 g/mol. The first-order valence-electron chi connectivity index (χ1n) is 6.70.